The van der Waals surface area contributed by atoms with Gasteiger partial charge in [0.15, 0.2) is 4.87 Å². The van der Waals surface area contributed by atoms with Gasteiger partial charge in [0.1, 0.15) is 24.2 Å². The molecule has 178 valence electrons. The Hall–Kier alpha value is -3.22. The van der Waals surface area contributed by atoms with Crippen LogP contribution in [-0.2, 0) is 26.0 Å². The third-order valence-corrected chi connectivity index (χ3v) is 7.96. The van der Waals surface area contributed by atoms with Gasteiger partial charge >= 0.3 is 6.09 Å². The highest BCUT2D eigenvalue weighted by molar-refractivity contribution is 7.92. The quantitative estimate of drug-likeness (QED) is 0.417. The number of methoxy groups -OCH3 is 1. The van der Waals surface area contributed by atoms with Gasteiger partial charge in [0.25, 0.3) is 5.91 Å². The number of nitrogens with one attached hydrogen (secondary N) is 2. The van der Waals surface area contributed by atoms with Crippen molar-refractivity contribution in [3.8, 4) is 5.75 Å². The lowest BCUT2D eigenvalue weighted by Crippen LogP contribution is -2.73. The molecule has 1 fully saturated rings. The van der Waals surface area contributed by atoms with Gasteiger partial charge in [-0.2, -0.15) is 0 Å². The molecular formula is C21H24FN3O7S. The number of ether oxygens (including phenoxy) is 2. The number of rotatable bonds is 6. The molecule has 0 aromatic heterocycles. The highest BCUT2D eigenvalue weighted by atomic mass is 32.2. The van der Waals surface area contributed by atoms with Crippen molar-refractivity contribution in [2.24, 2.45) is 0 Å². The lowest BCUT2D eigenvalue weighted by Gasteiger charge is -2.47. The van der Waals surface area contributed by atoms with Gasteiger partial charge in [-0.15, -0.1) is 0 Å². The molecule has 1 aliphatic rings. The predicted octanol–water partition coefficient (Wildman–Crippen LogP) is 1.44. The van der Waals surface area contributed by atoms with Crippen molar-refractivity contribution in [2.75, 3.05) is 20.2 Å². The molecule has 2 atom stereocenters. The number of sulfone groups is 1. The van der Waals surface area contributed by atoms with Gasteiger partial charge in [0.05, 0.1) is 12.0 Å². The SMILES string of the molecule is COC(=O)N1CCNC(C(=O)NO)C1(C)S(=O)(=O)c1ccc(OCc2ccc(F)cc2)cc1. The Balaban J connectivity index is 1.91. The number of piperazine rings is 1. The number of carbonyl (C=O) groups excluding carboxylic acids is 2. The molecule has 1 heterocycles. The van der Waals surface area contributed by atoms with E-state index in [1.165, 1.54) is 48.8 Å². The lowest BCUT2D eigenvalue weighted by atomic mass is 10.0. The predicted molar refractivity (Wildman–Crippen MR) is 114 cm³/mol. The van der Waals surface area contributed by atoms with Crippen molar-refractivity contribution < 1.29 is 37.1 Å². The fourth-order valence-corrected chi connectivity index (χ4v) is 5.60. The molecule has 2 aromatic rings. The Morgan fingerprint density at radius 1 is 1.21 bits per heavy atom. The molecule has 3 N–H and O–H groups in total. The Labute approximate surface area is 190 Å². The lowest BCUT2D eigenvalue weighted by molar-refractivity contribution is -0.134. The highest BCUT2D eigenvalue weighted by Gasteiger charge is 2.58. The minimum Gasteiger partial charge on any atom is -0.489 e. The second kappa shape index (κ2) is 9.73. The largest absolute Gasteiger partial charge is 0.489 e. The molecule has 2 aromatic carbocycles. The van der Waals surface area contributed by atoms with Crippen LogP contribution in [0.1, 0.15) is 12.5 Å². The van der Waals surface area contributed by atoms with Gasteiger partial charge in [0, 0.05) is 13.1 Å². The smallest absolute Gasteiger partial charge is 0.410 e. The van der Waals surface area contributed by atoms with Crippen LogP contribution in [0.3, 0.4) is 0 Å². The first kappa shape index (κ1) is 24.4. The van der Waals surface area contributed by atoms with E-state index in [-0.39, 0.29) is 30.4 Å². The third kappa shape index (κ3) is 4.63. The molecule has 0 saturated carbocycles. The maximum absolute atomic E-state index is 13.7. The summed E-state index contributed by atoms with van der Waals surface area (Å²) in [5, 5.41) is 11.9. The topological polar surface area (TPSA) is 134 Å². The fraction of sp³-hybridized carbons (Fsp3) is 0.333. The maximum atomic E-state index is 13.7. The summed E-state index contributed by atoms with van der Waals surface area (Å²) in [5.74, 6) is -1.03. The van der Waals surface area contributed by atoms with E-state index in [0.29, 0.717) is 5.75 Å². The average molecular weight is 482 g/mol. The molecule has 1 aliphatic heterocycles. The number of halogens is 1. The Morgan fingerprint density at radius 3 is 2.42 bits per heavy atom. The van der Waals surface area contributed by atoms with Crippen LogP contribution < -0.4 is 15.5 Å². The first-order valence-corrected chi connectivity index (χ1v) is 11.4. The summed E-state index contributed by atoms with van der Waals surface area (Å²) < 4.78 is 50.7. The second-order valence-corrected chi connectivity index (χ2v) is 9.73. The molecule has 2 unspecified atom stereocenters. The van der Waals surface area contributed by atoms with Crippen LogP contribution in [0.2, 0.25) is 0 Å². The summed E-state index contributed by atoms with van der Waals surface area (Å²) in [6, 6.07) is 9.71. The summed E-state index contributed by atoms with van der Waals surface area (Å²) in [6.07, 6.45) is -0.933. The molecule has 0 aliphatic carbocycles. The minimum atomic E-state index is -4.37. The van der Waals surface area contributed by atoms with Crippen molar-refractivity contribution in [2.45, 2.75) is 29.3 Å². The van der Waals surface area contributed by atoms with E-state index in [4.69, 9.17) is 14.7 Å². The van der Waals surface area contributed by atoms with Crippen molar-refractivity contribution in [3.63, 3.8) is 0 Å². The van der Waals surface area contributed by atoms with Crippen LogP contribution in [0.5, 0.6) is 5.75 Å². The number of hydroxylamine groups is 1. The van der Waals surface area contributed by atoms with E-state index < -0.39 is 32.8 Å². The van der Waals surface area contributed by atoms with Crippen molar-refractivity contribution in [1.29, 1.82) is 0 Å². The highest BCUT2D eigenvalue weighted by Crippen LogP contribution is 2.35. The van der Waals surface area contributed by atoms with E-state index in [1.54, 1.807) is 12.1 Å². The van der Waals surface area contributed by atoms with Crippen LogP contribution in [0.4, 0.5) is 9.18 Å². The van der Waals surface area contributed by atoms with Gasteiger partial charge in [-0.05, 0) is 48.9 Å². The molecule has 2 amide bonds. The Bertz CT molecular complexity index is 1080. The summed E-state index contributed by atoms with van der Waals surface area (Å²) >= 11 is 0. The van der Waals surface area contributed by atoms with Gasteiger partial charge in [-0.25, -0.2) is 23.1 Å². The summed E-state index contributed by atoms with van der Waals surface area (Å²) in [6.45, 7) is 1.41. The normalized spacial score (nSPS) is 20.7. The van der Waals surface area contributed by atoms with E-state index in [0.717, 1.165) is 17.6 Å². The number of benzene rings is 2. The van der Waals surface area contributed by atoms with Crippen molar-refractivity contribution in [3.05, 3.63) is 59.9 Å². The van der Waals surface area contributed by atoms with Crippen LogP contribution in [-0.4, -0.2) is 61.6 Å². The monoisotopic (exact) mass is 481 g/mol. The van der Waals surface area contributed by atoms with Crippen LogP contribution in [0.25, 0.3) is 0 Å². The van der Waals surface area contributed by atoms with Gasteiger partial charge in [-0.1, -0.05) is 12.1 Å². The van der Waals surface area contributed by atoms with Crippen LogP contribution in [0, 0.1) is 5.82 Å². The standard InChI is InChI=1S/C21H24FN3O7S/c1-21(18(19(26)24-28)23-11-12-25(21)20(27)31-2)33(29,30)17-9-7-16(8-10-17)32-13-14-3-5-15(22)6-4-14/h3-10,18,23,28H,11-13H2,1-2H3,(H,24,26). The maximum Gasteiger partial charge on any atom is 0.410 e. The van der Waals surface area contributed by atoms with E-state index in [1.807, 2.05) is 0 Å². The van der Waals surface area contributed by atoms with Crippen molar-refractivity contribution >= 4 is 21.8 Å². The number of amides is 2. The number of nitrogens with zero attached hydrogens (tertiary/aromatic N) is 1. The first-order chi connectivity index (χ1) is 15.6. The molecule has 12 heteroatoms. The average Bonchev–Trinajstić information content (AvgIpc) is 2.83. The second-order valence-electron chi connectivity index (χ2n) is 7.43. The molecule has 33 heavy (non-hydrogen) atoms. The van der Waals surface area contributed by atoms with Gasteiger partial charge < -0.3 is 14.8 Å². The minimum absolute atomic E-state index is 0.0452. The van der Waals surface area contributed by atoms with Crippen LogP contribution in [0.15, 0.2) is 53.4 Å². The zero-order valence-electron chi connectivity index (χ0n) is 17.9. The first-order valence-electron chi connectivity index (χ1n) is 9.90. The van der Waals surface area contributed by atoms with E-state index >= 15 is 0 Å². The Morgan fingerprint density at radius 2 is 1.85 bits per heavy atom. The molecule has 10 nitrogen and oxygen atoms in total. The van der Waals surface area contributed by atoms with E-state index in [9.17, 15) is 22.4 Å². The Kier molecular flexibility index (Phi) is 7.20. The number of hydrogen-bond acceptors (Lipinski definition) is 8. The van der Waals surface area contributed by atoms with Gasteiger partial charge in [-0.3, -0.25) is 14.9 Å². The number of carbonyl (C=O) groups is 2. The molecule has 3 rings (SSSR count). The summed E-state index contributed by atoms with van der Waals surface area (Å²) in [5.41, 5.74) is 2.17. The zero-order chi connectivity index (χ0) is 24.2. The summed E-state index contributed by atoms with van der Waals surface area (Å²) in [4.78, 5) is 23.3. The molecule has 0 bridgehead atoms. The molecular weight excluding hydrogens is 457 g/mol. The summed E-state index contributed by atoms with van der Waals surface area (Å²) in [7, 11) is -3.26. The molecule has 0 spiro atoms. The number of hydrogen-bond donors (Lipinski definition) is 3. The molecule has 0 radical (unpaired) electrons. The van der Waals surface area contributed by atoms with Gasteiger partial charge in [0.2, 0.25) is 9.84 Å². The third-order valence-electron chi connectivity index (χ3n) is 5.52. The van der Waals surface area contributed by atoms with Crippen molar-refractivity contribution in [1.82, 2.24) is 15.7 Å². The molecule has 1 saturated heterocycles. The van der Waals surface area contributed by atoms with Crippen LogP contribution >= 0.6 is 0 Å². The van der Waals surface area contributed by atoms with E-state index in [2.05, 4.69) is 5.32 Å². The fourth-order valence-electron chi connectivity index (χ4n) is 3.67. The zero-order valence-corrected chi connectivity index (χ0v) is 18.8.